The van der Waals surface area contributed by atoms with E-state index in [9.17, 15) is 14.3 Å². The van der Waals surface area contributed by atoms with Crippen molar-refractivity contribution in [2.24, 2.45) is 0 Å². The molecule has 2 N–H and O–H groups in total. The number of carbonyl (C=O) groups is 1. The number of piperidine rings is 1. The third kappa shape index (κ3) is 2.95. The van der Waals surface area contributed by atoms with E-state index in [1.807, 2.05) is 24.1 Å². The molecule has 4 nitrogen and oxygen atoms in total. The van der Waals surface area contributed by atoms with Crippen molar-refractivity contribution in [1.29, 1.82) is 0 Å². The molecule has 1 aliphatic carbocycles. The van der Waals surface area contributed by atoms with Crippen molar-refractivity contribution in [1.82, 2.24) is 9.88 Å². The summed E-state index contributed by atoms with van der Waals surface area (Å²) in [7, 11) is 0. The number of H-pyrrole nitrogens is 1. The first-order valence-corrected chi connectivity index (χ1v) is 9.24. The average molecular weight is 344 g/mol. The Morgan fingerprint density at radius 1 is 1.48 bits per heavy atom. The summed E-state index contributed by atoms with van der Waals surface area (Å²) in [5.41, 5.74) is 1.06. The Balaban J connectivity index is 1.50. The fourth-order valence-corrected chi connectivity index (χ4v) is 4.69. The number of benzene rings is 1. The Bertz CT molecular complexity index is 802. The standard InChI is InChI=1S/C20H25FN2O2/c1-13(15-12-22-17-6-2-5-16(21)19(15)17)10-18(24)23-9-8-20(25)7-3-4-14(23)11-20/h2,5-6,12-14,22,25H,3-4,7-11H2,1H3. The first kappa shape index (κ1) is 16.6. The third-order valence-electron chi connectivity index (χ3n) is 6.07. The molecule has 3 atom stereocenters. The monoisotopic (exact) mass is 344 g/mol. The number of aromatic amines is 1. The number of fused-ring (bicyclic) bond motifs is 3. The highest BCUT2D eigenvalue weighted by atomic mass is 19.1. The van der Waals surface area contributed by atoms with Gasteiger partial charge in [0.1, 0.15) is 5.82 Å². The lowest BCUT2D eigenvalue weighted by atomic mass is 9.76. The second kappa shape index (κ2) is 6.13. The molecule has 1 aliphatic heterocycles. The number of nitrogens with zero attached hydrogens (tertiary/aromatic N) is 1. The summed E-state index contributed by atoms with van der Waals surface area (Å²) in [6, 6.07) is 5.16. The van der Waals surface area contributed by atoms with Gasteiger partial charge in [-0.25, -0.2) is 4.39 Å². The molecule has 2 aromatic rings. The lowest BCUT2D eigenvalue weighted by molar-refractivity contribution is -0.144. The first-order chi connectivity index (χ1) is 12.0. The van der Waals surface area contributed by atoms with Gasteiger partial charge in [-0.15, -0.1) is 0 Å². The van der Waals surface area contributed by atoms with Gasteiger partial charge in [0.2, 0.25) is 5.91 Å². The van der Waals surface area contributed by atoms with Crippen LogP contribution in [-0.2, 0) is 4.79 Å². The molecule has 25 heavy (non-hydrogen) atoms. The SMILES string of the molecule is CC(CC(=O)N1CCC2(O)CCCC1C2)c1c[nH]c2cccc(F)c12. The lowest BCUT2D eigenvalue weighted by Crippen LogP contribution is -2.55. The molecular formula is C20H25FN2O2. The molecule has 2 fully saturated rings. The van der Waals surface area contributed by atoms with Crippen LogP contribution in [0, 0.1) is 5.82 Å². The largest absolute Gasteiger partial charge is 0.390 e. The molecular weight excluding hydrogens is 319 g/mol. The van der Waals surface area contributed by atoms with Crippen molar-refractivity contribution >= 4 is 16.8 Å². The van der Waals surface area contributed by atoms with Gasteiger partial charge < -0.3 is 15.0 Å². The van der Waals surface area contributed by atoms with Crippen LogP contribution in [0.3, 0.4) is 0 Å². The molecule has 1 saturated carbocycles. The Morgan fingerprint density at radius 3 is 3.16 bits per heavy atom. The van der Waals surface area contributed by atoms with Gasteiger partial charge in [0, 0.05) is 36.1 Å². The number of carbonyl (C=O) groups excluding carboxylic acids is 1. The van der Waals surface area contributed by atoms with Crippen molar-refractivity contribution < 1.29 is 14.3 Å². The number of aromatic nitrogens is 1. The quantitative estimate of drug-likeness (QED) is 0.892. The maximum absolute atomic E-state index is 14.2. The summed E-state index contributed by atoms with van der Waals surface area (Å²) in [5, 5.41) is 11.1. The van der Waals surface area contributed by atoms with Crippen molar-refractivity contribution in [2.45, 2.75) is 63.0 Å². The fourth-order valence-electron chi connectivity index (χ4n) is 4.69. The smallest absolute Gasteiger partial charge is 0.223 e. The molecule has 1 saturated heterocycles. The van der Waals surface area contributed by atoms with E-state index in [0.29, 0.717) is 31.2 Å². The van der Waals surface area contributed by atoms with Crippen molar-refractivity contribution in [3.8, 4) is 0 Å². The van der Waals surface area contributed by atoms with Crippen molar-refractivity contribution in [3.05, 3.63) is 35.8 Å². The molecule has 134 valence electrons. The minimum atomic E-state index is -0.564. The van der Waals surface area contributed by atoms with Crippen LogP contribution in [0.5, 0.6) is 0 Å². The molecule has 3 unspecified atom stereocenters. The van der Waals surface area contributed by atoms with Crippen molar-refractivity contribution in [2.75, 3.05) is 6.54 Å². The molecule has 0 spiro atoms. The number of hydrogen-bond acceptors (Lipinski definition) is 2. The molecule has 1 aromatic heterocycles. The van der Waals surface area contributed by atoms with Gasteiger partial charge in [-0.1, -0.05) is 13.0 Å². The Hall–Kier alpha value is -1.88. The molecule has 2 heterocycles. The van der Waals surface area contributed by atoms with E-state index in [1.54, 1.807) is 6.07 Å². The molecule has 2 bridgehead atoms. The van der Waals surface area contributed by atoms with E-state index in [0.717, 1.165) is 30.3 Å². The summed E-state index contributed by atoms with van der Waals surface area (Å²) in [5.74, 6) is -0.182. The van der Waals surface area contributed by atoms with E-state index in [4.69, 9.17) is 0 Å². The second-order valence-electron chi connectivity index (χ2n) is 7.82. The molecule has 4 rings (SSSR count). The van der Waals surface area contributed by atoms with E-state index in [1.165, 1.54) is 6.07 Å². The summed E-state index contributed by atoms with van der Waals surface area (Å²) in [4.78, 5) is 17.9. The molecule has 0 radical (unpaired) electrons. The van der Waals surface area contributed by atoms with Gasteiger partial charge in [0.15, 0.2) is 0 Å². The van der Waals surface area contributed by atoms with Gasteiger partial charge in [0.05, 0.1) is 5.60 Å². The number of amides is 1. The summed E-state index contributed by atoms with van der Waals surface area (Å²) in [6.45, 7) is 2.61. The maximum atomic E-state index is 14.2. The van der Waals surface area contributed by atoms with Gasteiger partial charge in [-0.2, -0.15) is 0 Å². The minimum Gasteiger partial charge on any atom is -0.390 e. The third-order valence-corrected chi connectivity index (χ3v) is 6.07. The van der Waals surface area contributed by atoms with Crippen LogP contribution in [0.25, 0.3) is 10.9 Å². The highest BCUT2D eigenvalue weighted by Crippen LogP contribution is 2.39. The zero-order valence-corrected chi connectivity index (χ0v) is 14.6. The number of likely N-dealkylation sites (tertiary alicyclic amines) is 1. The molecule has 5 heteroatoms. The normalized spacial score (nSPS) is 27.5. The van der Waals surface area contributed by atoms with E-state index in [2.05, 4.69) is 4.98 Å². The van der Waals surface area contributed by atoms with Gasteiger partial charge in [0.25, 0.3) is 0 Å². The van der Waals surface area contributed by atoms with Gasteiger partial charge in [-0.3, -0.25) is 4.79 Å². The van der Waals surface area contributed by atoms with Crippen LogP contribution in [0.15, 0.2) is 24.4 Å². The number of halogens is 1. The van der Waals surface area contributed by atoms with Crippen LogP contribution in [0.4, 0.5) is 4.39 Å². The van der Waals surface area contributed by atoms with Crippen LogP contribution >= 0.6 is 0 Å². The zero-order valence-electron chi connectivity index (χ0n) is 14.6. The van der Waals surface area contributed by atoms with Crippen molar-refractivity contribution in [3.63, 3.8) is 0 Å². The predicted molar refractivity (Wildman–Crippen MR) is 94.8 cm³/mol. The summed E-state index contributed by atoms with van der Waals surface area (Å²) < 4.78 is 14.2. The lowest BCUT2D eigenvalue weighted by Gasteiger charge is -2.48. The summed E-state index contributed by atoms with van der Waals surface area (Å²) >= 11 is 0. The molecule has 1 amide bonds. The van der Waals surface area contributed by atoms with Crippen LogP contribution in [0.2, 0.25) is 0 Å². The predicted octanol–water partition coefficient (Wildman–Crippen LogP) is 3.71. The highest BCUT2D eigenvalue weighted by molar-refractivity contribution is 5.85. The van der Waals surface area contributed by atoms with E-state index in [-0.39, 0.29) is 23.7 Å². The maximum Gasteiger partial charge on any atom is 0.223 e. The average Bonchev–Trinajstić information content (AvgIpc) is 3.00. The Labute approximate surface area is 147 Å². The van der Waals surface area contributed by atoms with Crippen LogP contribution < -0.4 is 0 Å². The number of aliphatic hydroxyl groups is 1. The Morgan fingerprint density at radius 2 is 2.32 bits per heavy atom. The molecule has 2 aliphatic rings. The number of hydrogen-bond donors (Lipinski definition) is 2. The Kier molecular flexibility index (Phi) is 4.07. The van der Waals surface area contributed by atoms with Crippen LogP contribution in [0.1, 0.15) is 56.9 Å². The highest BCUT2D eigenvalue weighted by Gasteiger charge is 2.42. The fraction of sp³-hybridized carbons (Fsp3) is 0.550. The topological polar surface area (TPSA) is 56.3 Å². The second-order valence-corrected chi connectivity index (χ2v) is 7.82. The van der Waals surface area contributed by atoms with Gasteiger partial charge >= 0.3 is 0 Å². The first-order valence-electron chi connectivity index (χ1n) is 9.24. The number of nitrogens with one attached hydrogen (secondary N) is 1. The van der Waals surface area contributed by atoms with Crippen LogP contribution in [-0.4, -0.2) is 39.1 Å². The van der Waals surface area contributed by atoms with E-state index < -0.39 is 5.60 Å². The van der Waals surface area contributed by atoms with Gasteiger partial charge in [-0.05, 0) is 55.7 Å². The number of rotatable bonds is 3. The minimum absolute atomic E-state index is 0.0532. The molecule has 1 aromatic carbocycles. The van der Waals surface area contributed by atoms with E-state index >= 15 is 0 Å². The summed E-state index contributed by atoms with van der Waals surface area (Å²) in [6.07, 6.45) is 6.38. The zero-order chi connectivity index (χ0) is 17.6.